The average Bonchev–Trinajstić information content (AvgIpc) is 3.11. The number of rotatable bonds is 1. The van der Waals surface area contributed by atoms with Gasteiger partial charge in [0.25, 0.3) is 0 Å². The molecule has 0 bridgehead atoms. The molecule has 0 N–H and O–H groups in total. The first-order valence-electron chi connectivity index (χ1n) is 11.4. The normalized spacial score (nSPS) is 48.5. The molecule has 5 aliphatic rings. The highest BCUT2D eigenvalue weighted by Crippen LogP contribution is 2.63. The van der Waals surface area contributed by atoms with Crippen LogP contribution in [-0.4, -0.2) is 29.6 Å². The SMILES string of the molecule is CC1=CC(=O)C=C2CCC3C4C(CCC3C12C)C(=O)CC4C1OC(C)(C)OC1C. The summed E-state index contributed by atoms with van der Waals surface area (Å²) in [7, 11) is 0. The third-order valence-electron chi connectivity index (χ3n) is 9.03. The van der Waals surface area contributed by atoms with E-state index in [2.05, 4.69) is 20.8 Å². The molecule has 1 saturated heterocycles. The van der Waals surface area contributed by atoms with Crippen LogP contribution in [0.2, 0.25) is 0 Å². The van der Waals surface area contributed by atoms with Crippen molar-refractivity contribution in [2.24, 2.45) is 35.0 Å². The maximum atomic E-state index is 13.0. The van der Waals surface area contributed by atoms with Gasteiger partial charge in [-0.3, -0.25) is 9.59 Å². The Labute approximate surface area is 174 Å². The van der Waals surface area contributed by atoms with E-state index in [9.17, 15) is 9.59 Å². The van der Waals surface area contributed by atoms with E-state index in [0.29, 0.717) is 30.0 Å². The van der Waals surface area contributed by atoms with E-state index in [1.165, 1.54) is 11.1 Å². The van der Waals surface area contributed by atoms with E-state index in [1.54, 1.807) is 0 Å². The highest BCUT2D eigenvalue weighted by Gasteiger charge is 2.60. The van der Waals surface area contributed by atoms with Gasteiger partial charge in [0.2, 0.25) is 0 Å². The van der Waals surface area contributed by atoms with Crippen LogP contribution in [0.3, 0.4) is 0 Å². The van der Waals surface area contributed by atoms with Crippen LogP contribution in [-0.2, 0) is 19.1 Å². The molecular formula is C25H34O4. The Morgan fingerprint density at radius 3 is 2.45 bits per heavy atom. The van der Waals surface area contributed by atoms with Gasteiger partial charge in [0.1, 0.15) is 5.78 Å². The lowest BCUT2D eigenvalue weighted by atomic mass is 9.48. The van der Waals surface area contributed by atoms with Gasteiger partial charge in [-0.15, -0.1) is 0 Å². The van der Waals surface area contributed by atoms with Crippen LogP contribution in [0.5, 0.6) is 0 Å². The van der Waals surface area contributed by atoms with Crippen LogP contribution in [0.15, 0.2) is 23.3 Å². The fourth-order valence-corrected chi connectivity index (χ4v) is 7.86. The van der Waals surface area contributed by atoms with E-state index in [4.69, 9.17) is 9.47 Å². The van der Waals surface area contributed by atoms with Gasteiger partial charge in [-0.1, -0.05) is 18.1 Å². The topological polar surface area (TPSA) is 52.6 Å². The summed E-state index contributed by atoms with van der Waals surface area (Å²) in [6.45, 7) is 10.5. The number of fused-ring (bicyclic) bond motifs is 5. The molecule has 1 heterocycles. The molecule has 3 saturated carbocycles. The number of ketones is 2. The molecule has 4 fully saturated rings. The minimum atomic E-state index is -0.573. The lowest BCUT2D eigenvalue weighted by Gasteiger charge is -2.56. The summed E-state index contributed by atoms with van der Waals surface area (Å²) < 4.78 is 12.4. The molecule has 4 heteroatoms. The molecular weight excluding hydrogens is 364 g/mol. The lowest BCUT2D eigenvalue weighted by molar-refractivity contribution is -0.153. The van der Waals surface area contributed by atoms with E-state index >= 15 is 0 Å². The third-order valence-corrected chi connectivity index (χ3v) is 9.03. The van der Waals surface area contributed by atoms with Crippen LogP contribution >= 0.6 is 0 Å². The monoisotopic (exact) mass is 398 g/mol. The first-order chi connectivity index (χ1) is 13.6. The fraction of sp³-hybridized carbons (Fsp3) is 0.760. The summed E-state index contributed by atoms with van der Waals surface area (Å²) in [5.74, 6) is 1.85. The number of carbonyl (C=O) groups excluding carboxylic acids is 2. The molecule has 4 nitrogen and oxygen atoms in total. The molecule has 1 aliphatic heterocycles. The van der Waals surface area contributed by atoms with E-state index in [-0.39, 0.29) is 35.2 Å². The first kappa shape index (κ1) is 19.7. The molecule has 0 aromatic carbocycles. The van der Waals surface area contributed by atoms with Gasteiger partial charge < -0.3 is 9.47 Å². The summed E-state index contributed by atoms with van der Waals surface area (Å²) in [5, 5.41) is 0. The summed E-state index contributed by atoms with van der Waals surface area (Å²) in [6.07, 6.45) is 8.52. The number of hydrogen-bond acceptors (Lipinski definition) is 4. The Hall–Kier alpha value is -1.26. The second-order valence-corrected chi connectivity index (χ2v) is 10.8. The van der Waals surface area contributed by atoms with Crippen molar-refractivity contribution >= 4 is 11.6 Å². The Bertz CT molecular complexity index is 821. The predicted molar refractivity (Wildman–Crippen MR) is 110 cm³/mol. The zero-order valence-corrected chi connectivity index (χ0v) is 18.4. The largest absolute Gasteiger partial charge is 0.345 e. The minimum Gasteiger partial charge on any atom is -0.345 e. The Kier molecular flexibility index (Phi) is 4.32. The van der Waals surface area contributed by atoms with Crippen LogP contribution in [0.1, 0.15) is 66.7 Å². The molecule has 0 aromatic rings. The van der Waals surface area contributed by atoms with Crippen molar-refractivity contribution in [3.05, 3.63) is 23.3 Å². The van der Waals surface area contributed by atoms with Crippen molar-refractivity contribution in [3.63, 3.8) is 0 Å². The lowest BCUT2D eigenvalue weighted by Crippen LogP contribution is -2.50. The zero-order chi connectivity index (χ0) is 20.7. The highest BCUT2D eigenvalue weighted by molar-refractivity contribution is 6.02. The first-order valence-corrected chi connectivity index (χ1v) is 11.4. The molecule has 158 valence electrons. The Morgan fingerprint density at radius 1 is 1.00 bits per heavy atom. The maximum absolute atomic E-state index is 13.0. The number of hydrogen-bond donors (Lipinski definition) is 0. The third kappa shape index (κ3) is 2.78. The van der Waals surface area contributed by atoms with Crippen molar-refractivity contribution in [3.8, 4) is 0 Å². The van der Waals surface area contributed by atoms with Crippen molar-refractivity contribution in [2.75, 3.05) is 0 Å². The number of Topliss-reactive ketones (excluding diaryl/α,β-unsaturated/α-hetero) is 1. The van der Waals surface area contributed by atoms with Crippen LogP contribution in [0.25, 0.3) is 0 Å². The van der Waals surface area contributed by atoms with Crippen molar-refractivity contribution in [2.45, 2.75) is 84.7 Å². The summed E-state index contributed by atoms with van der Waals surface area (Å²) in [5.41, 5.74) is 2.50. The second-order valence-electron chi connectivity index (χ2n) is 10.8. The molecule has 0 spiro atoms. The van der Waals surface area contributed by atoms with Crippen molar-refractivity contribution < 1.29 is 19.1 Å². The van der Waals surface area contributed by atoms with E-state index in [1.807, 2.05) is 26.0 Å². The van der Waals surface area contributed by atoms with Crippen molar-refractivity contribution in [1.29, 1.82) is 0 Å². The van der Waals surface area contributed by atoms with Gasteiger partial charge in [0.05, 0.1) is 12.2 Å². The molecule has 0 aromatic heterocycles. The molecule has 4 aliphatic carbocycles. The number of ether oxygens (including phenoxy) is 2. The van der Waals surface area contributed by atoms with Crippen LogP contribution in [0, 0.1) is 35.0 Å². The Morgan fingerprint density at radius 2 is 1.76 bits per heavy atom. The molecule has 29 heavy (non-hydrogen) atoms. The summed E-state index contributed by atoms with van der Waals surface area (Å²) in [4.78, 5) is 25.2. The van der Waals surface area contributed by atoms with Gasteiger partial charge in [-0.2, -0.15) is 0 Å². The average molecular weight is 399 g/mol. The van der Waals surface area contributed by atoms with Gasteiger partial charge in [-0.25, -0.2) is 0 Å². The summed E-state index contributed by atoms with van der Waals surface area (Å²) >= 11 is 0. The zero-order valence-electron chi connectivity index (χ0n) is 18.4. The molecule has 8 atom stereocenters. The van der Waals surface area contributed by atoms with Gasteiger partial charge in [-0.05, 0) is 89.2 Å². The molecule has 5 rings (SSSR count). The second kappa shape index (κ2) is 6.37. The van der Waals surface area contributed by atoms with Gasteiger partial charge in [0, 0.05) is 17.8 Å². The fourth-order valence-electron chi connectivity index (χ4n) is 7.86. The number of carbonyl (C=O) groups is 2. The summed E-state index contributed by atoms with van der Waals surface area (Å²) in [6, 6.07) is 0. The van der Waals surface area contributed by atoms with E-state index in [0.717, 1.165) is 25.7 Å². The minimum absolute atomic E-state index is 0.00276. The molecule has 0 radical (unpaired) electrons. The molecule has 8 unspecified atom stereocenters. The maximum Gasteiger partial charge on any atom is 0.178 e. The highest BCUT2D eigenvalue weighted by atomic mass is 16.7. The predicted octanol–water partition coefficient (Wildman–Crippen LogP) is 4.63. The molecule has 0 amide bonds. The number of allylic oxidation sites excluding steroid dienone is 4. The van der Waals surface area contributed by atoms with Crippen LogP contribution in [0.4, 0.5) is 0 Å². The Balaban J connectivity index is 1.50. The van der Waals surface area contributed by atoms with Crippen molar-refractivity contribution in [1.82, 2.24) is 0 Å². The standard InChI is InChI=1S/C25H34O4/c1-13-10-16(26)11-15-6-7-17-20(25(13,15)5)9-8-18-21(27)12-19(22(17)18)23-14(2)28-24(3,4)29-23/h10-11,14,17-20,22-23H,6-9,12H2,1-5H3. The van der Waals surface area contributed by atoms with Gasteiger partial charge >= 0.3 is 0 Å². The smallest absolute Gasteiger partial charge is 0.178 e. The van der Waals surface area contributed by atoms with Crippen LogP contribution < -0.4 is 0 Å². The quantitative estimate of drug-likeness (QED) is 0.646. The van der Waals surface area contributed by atoms with E-state index < -0.39 is 5.79 Å². The van der Waals surface area contributed by atoms with Gasteiger partial charge in [0.15, 0.2) is 11.6 Å².